The number of hydrogen-bond acceptors (Lipinski definition) is 4. The highest BCUT2D eigenvalue weighted by Crippen LogP contribution is 2.22. The smallest absolute Gasteiger partial charge is 0.220 e. The zero-order chi connectivity index (χ0) is 20.8. The molecule has 5 nitrogen and oxygen atoms in total. The molecule has 1 unspecified atom stereocenters. The van der Waals surface area contributed by atoms with E-state index in [0.717, 1.165) is 16.9 Å². The van der Waals surface area contributed by atoms with Crippen molar-refractivity contribution >= 4 is 5.91 Å². The number of oxazole rings is 1. The Labute approximate surface area is 169 Å². The van der Waals surface area contributed by atoms with E-state index < -0.39 is 0 Å². The second kappa shape index (κ2) is 9.37. The van der Waals surface area contributed by atoms with Gasteiger partial charge in [-0.25, -0.2) is 9.37 Å². The Kier molecular flexibility index (Phi) is 6.65. The number of halogens is 1. The van der Waals surface area contributed by atoms with Crippen LogP contribution >= 0.6 is 0 Å². The standard InChI is InChI=1S/C23H25FN2O3/c1-15(2)28-20-10-6-17(7-11-20)16(3)26-22(27)12-13-23-25-14-21(29-23)18-4-8-19(24)9-5-18/h4-11,14-16H,12-13H2,1-3H3,(H,26,27). The first-order valence-corrected chi connectivity index (χ1v) is 9.67. The van der Waals surface area contributed by atoms with Gasteiger partial charge in [0.05, 0.1) is 18.3 Å². The van der Waals surface area contributed by atoms with Gasteiger partial charge >= 0.3 is 0 Å². The van der Waals surface area contributed by atoms with E-state index in [-0.39, 0.29) is 30.3 Å². The van der Waals surface area contributed by atoms with Crippen LogP contribution in [0.5, 0.6) is 5.75 Å². The lowest BCUT2D eigenvalue weighted by molar-refractivity contribution is -0.121. The number of rotatable bonds is 8. The Bertz CT molecular complexity index is 934. The fourth-order valence-corrected chi connectivity index (χ4v) is 2.90. The van der Waals surface area contributed by atoms with Crippen LogP contribution in [-0.4, -0.2) is 17.0 Å². The molecule has 0 saturated heterocycles. The van der Waals surface area contributed by atoms with Crippen molar-refractivity contribution in [2.45, 2.75) is 45.8 Å². The van der Waals surface area contributed by atoms with Crippen molar-refractivity contribution in [3.63, 3.8) is 0 Å². The normalized spacial score (nSPS) is 12.0. The molecule has 2 aromatic carbocycles. The van der Waals surface area contributed by atoms with E-state index >= 15 is 0 Å². The topological polar surface area (TPSA) is 64.4 Å². The Hall–Kier alpha value is -3.15. The van der Waals surface area contributed by atoms with Crippen LogP contribution in [0.1, 0.15) is 44.7 Å². The van der Waals surface area contributed by atoms with Gasteiger partial charge in [0.1, 0.15) is 11.6 Å². The number of amides is 1. The molecule has 0 aliphatic rings. The van der Waals surface area contributed by atoms with Crippen molar-refractivity contribution in [1.82, 2.24) is 10.3 Å². The fraction of sp³-hybridized carbons (Fsp3) is 0.304. The van der Waals surface area contributed by atoms with Crippen LogP contribution < -0.4 is 10.1 Å². The fourth-order valence-electron chi connectivity index (χ4n) is 2.90. The molecule has 3 aromatic rings. The summed E-state index contributed by atoms with van der Waals surface area (Å²) < 4.78 is 24.3. The third kappa shape index (κ3) is 5.91. The number of carbonyl (C=O) groups excluding carboxylic acids is 1. The van der Waals surface area contributed by atoms with Crippen LogP contribution in [0.3, 0.4) is 0 Å². The average Bonchev–Trinajstić information content (AvgIpc) is 3.16. The molecule has 29 heavy (non-hydrogen) atoms. The molecule has 1 aromatic heterocycles. The summed E-state index contributed by atoms with van der Waals surface area (Å²) in [5.74, 6) is 1.45. The summed E-state index contributed by atoms with van der Waals surface area (Å²) in [7, 11) is 0. The molecule has 3 rings (SSSR count). The molecular formula is C23H25FN2O3. The zero-order valence-corrected chi connectivity index (χ0v) is 16.8. The van der Waals surface area contributed by atoms with Gasteiger partial charge in [0.15, 0.2) is 11.7 Å². The first-order chi connectivity index (χ1) is 13.9. The monoisotopic (exact) mass is 396 g/mol. The van der Waals surface area contributed by atoms with Gasteiger partial charge in [0.25, 0.3) is 0 Å². The van der Waals surface area contributed by atoms with Crippen LogP contribution in [-0.2, 0) is 11.2 Å². The van der Waals surface area contributed by atoms with E-state index in [9.17, 15) is 9.18 Å². The molecule has 0 aliphatic carbocycles. The largest absolute Gasteiger partial charge is 0.491 e. The Morgan fingerprint density at radius 3 is 2.45 bits per heavy atom. The van der Waals surface area contributed by atoms with Gasteiger partial charge in [-0.15, -0.1) is 0 Å². The number of hydrogen-bond donors (Lipinski definition) is 1. The van der Waals surface area contributed by atoms with Gasteiger partial charge in [0.2, 0.25) is 5.91 Å². The minimum atomic E-state index is -0.304. The lowest BCUT2D eigenvalue weighted by Crippen LogP contribution is -2.26. The molecule has 0 bridgehead atoms. The van der Waals surface area contributed by atoms with E-state index in [1.54, 1.807) is 18.3 Å². The minimum Gasteiger partial charge on any atom is -0.491 e. The van der Waals surface area contributed by atoms with Crippen LogP contribution in [0, 0.1) is 5.82 Å². The van der Waals surface area contributed by atoms with Gasteiger partial charge in [-0.3, -0.25) is 4.79 Å². The predicted octanol–water partition coefficient (Wildman–Crippen LogP) is 5.08. The molecule has 0 radical (unpaired) electrons. The van der Waals surface area contributed by atoms with Gasteiger partial charge in [-0.1, -0.05) is 12.1 Å². The summed E-state index contributed by atoms with van der Waals surface area (Å²) in [4.78, 5) is 16.5. The highest BCUT2D eigenvalue weighted by molar-refractivity contribution is 5.76. The quantitative estimate of drug-likeness (QED) is 0.577. The van der Waals surface area contributed by atoms with Crippen LogP contribution in [0.2, 0.25) is 0 Å². The van der Waals surface area contributed by atoms with E-state index in [4.69, 9.17) is 9.15 Å². The van der Waals surface area contributed by atoms with E-state index in [0.29, 0.717) is 18.1 Å². The van der Waals surface area contributed by atoms with E-state index in [1.807, 2.05) is 45.0 Å². The van der Waals surface area contributed by atoms with Gasteiger partial charge < -0.3 is 14.5 Å². The predicted molar refractivity (Wildman–Crippen MR) is 109 cm³/mol. The maximum Gasteiger partial charge on any atom is 0.220 e. The Morgan fingerprint density at radius 2 is 1.79 bits per heavy atom. The zero-order valence-electron chi connectivity index (χ0n) is 16.8. The van der Waals surface area contributed by atoms with Crippen molar-refractivity contribution < 1.29 is 18.3 Å². The maximum atomic E-state index is 13.0. The summed E-state index contributed by atoms with van der Waals surface area (Å²) in [6, 6.07) is 13.6. The number of carbonyl (C=O) groups is 1. The molecule has 6 heteroatoms. The summed E-state index contributed by atoms with van der Waals surface area (Å²) >= 11 is 0. The van der Waals surface area contributed by atoms with E-state index in [2.05, 4.69) is 10.3 Å². The van der Waals surface area contributed by atoms with Crippen molar-refractivity contribution in [2.24, 2.45) is 0 Å². The first kappa shape index (κ1) is 20.6. The highest BCUT2D eigenvalue weighted by atomic mass is 19.1. The molecule has 1 N–H and O–H groups in total. The van der Waals surface area contributed by atoms with Crippen molar-refractivity contribution in [3.8, 4) is 17.1 Å². The molecular weight excluding hydrogens is 371 g/mol. The summed E-state index contributed by atoms with van der Waals surface area (Å²) in [6.45, 7) is 5.90. The molecule has 1 amide bonds. The van der Waals surface area contributed by atoms with Crippen molar-refractivity contribution in [1.29, 1.82) is 0 Å². The summed E-state index contributed by atoms with van der Waals surface area (Å²) in [5, 5.41) is 2.98. The van der Waals surface area contributed by atoms with Crippen LogP contribution in [0.15, 0.2) is 59.1 Å². The molecule has 1 heterocycles. The lowest BCUT2D eigenvalue weighted by Gasteiger charge is -2.15. The third-order valence-electron chi connectivity index (χ3n) is 4.38. The molecule has 0 saturated carbocycles. The number of aromatic nitrogens is 1. The highest BCUT2D eigenvalue weighted by Gasteiger charge is 2.12. The van der Waals surface area contributed by atoms with Gasteiger partial charge in [0, 0.05) is 18.4 Å². The average molecular weight is 396 g/mol. The Morgan fingerprint density at radius 1 is 1.10 bits per heavy atom. The van der Waals surface area contributed by atoms with Crippen molar-refractivity contribution in [2.75, 3.05) is 0 Å². The number of benzene rings is 2. The first-order valence-electron chi connectivity index (χ1n) is 9.67. The van der Waals surface area contributed by atoms with Gasteiger partial charge in [-0.2, -0.15) is 0 Å². The van der Waals surface area contributed by atoms with Gasteiger partial charge in [-0.05, 0) is 62.7 Å². The minimum absolute atomic E-state index is 0.0819. The van der Waals surface area contributed by atoms with Crippen LogP contribution in [0.25, 0.3) is 11.3 Å². The number of nitrogens with zero attached hydrogens (tertiary/aromatic N) is 1. The van der Waals surface area contributed by atoms with Crippen LogP contribution in [0.4, 0.5) is 4.39 Å². The molecule has 152 valence electrons. The van der Waals surface area contributed by atoms with E-state index in [1.165, 1.54) is 12.1 Å². The summed E-state index contributed by atoms with van der Waals surface area (Å²) in [5.41, 5.74) is 1.75. The summed E-state index contributed by atoms with van der Waals surface area (Å²) in [6.07, 6.45) is 2.37. The number of ether oxygens (including phenoxy) is 1. The number of aryl methyl sites for hydroxylation is 1. The third-order valence-corrected chi connectivity index (χ3v) is 4.38. The van der Waals surface area contributed by atoms with Crippen molar-refractivity contribution in [3.05, 3.63) is 72.0 Å². The molecule has 0 fully saturated rings. The molecule has 0 spiro atoms. The molecule has 0 aliphatic heterocycles. The molecule has 1 atom stereocenters. The SMILES string of the molecule is CC(C)Oc1ccc(C(C)NC(=O)CCc2ncc(-c3ccc(F)cc3)o2)cc1. The lowest BCUT2D eigenvalue weighted by atomic mass is 10.1. The Balaban J connectivity index is 1.50. The number of nitrogens with one attached hydrogen (secondary N) is 1. The second-order valence-electron chi connectivity index (χ2n) is 7.15. The second-order valence-corrected chi connectivity index (χ2v) is 7.15. The maximum absolute atomic E-state index is 13.0.